The second-order valence-electron chi connectivity index (χ2n) is 3.34. The fourth-order valence-corrected chi connectivity index (χ4v) is 1.71. The zero-order chi connectivity index (χ0) is 10.1. The van der Waals surface area contributed by atoms with Crippen molar-refractivity contribution in [2.45, 2.75) is 6.42 Å². The number of carbonyl (C=O) groups excluding carboxylic acids is 1. The van der Waals surface area contributed by atoms with Crippen molar-refractivity contribution in [3.8, 4) is 5.75 Å². The molecule has 1 aromatic heterocycles. The summed E-state index contributed by atoms with van der Waals surface area (Å²) in [4.78, 5) is 10.4. The molecular formula is C11H11NO2. The lowest BCUT2D eigenvalue weighted by Crippen LogP contribution is -1.83. The molecule has 0 saturated carbocycles. The maximum Gasteiger partial charge on any atom is 0.124 e. The van der Waals surface area contributed by atoms with Gasteiger partial charge < -0.3 is 14.5 Å². The van der Waals surface area contributed by atoms with Crippen LogP contribution >= 0.6 is 0 Å². The lowest BCUT2D eigenvalue weighted by molar-refractivity contribution is -0.107. The largest absolute Gasteiger partial charge is 0.508 e. The van der Waals surface area contributed by atoms with Crippen molar-refractivity contribution in [1.82, 2.24) is 4.57 Å². The highest BCUT2D eigenvalue weighted by Gasteiger charge is 2.05. The van der Waals surface area contributed by atoms with Gasteiger partial charge in [0.05, 0.1) is 5.52 Å². The third kappa shape index (κ3) is 1.27. The van der Waals surface area contributed by atoms with Crippen LogP contribution in [0.5, 0.6) is 5.75 Å². The molecule has 2 aromatic rings. The highest BCUT2D eigenvalue weighted by molar-refractivity contribution is 5.86. The fourth-order valence-electron chi connectivity index (χ4n) is 1.71. The van der Waals surface area contributed by atoms with Crippen LogP contribution < -0.4 is 0 Å². The highest BCUT2D eigenvalue weighted by Crippen LogP contribution is 2.24. The number of aromatic hydroxyl groups is 1. The van der Waals surface area contributed by atoms with E-state index < -0.39 is 0 Å². The Hall–Kier alpha value is -1.77. The van der Waals surface area contributed by atoms with Gasteiger partial charge in [-0.3, -0.25) is 0 Å². The SMILES string of the molecule is Cn1cc(CC=O)c2ccc(O)cc21. The average Bonchev–Trinajstić information content (AvgIpc) is 2.44. The number of fused-ring (bicyclic) bond motifs is 1. The van der Waals surface area contributed by atoms with E-state index in [0.29, 0.717) is 6.42 Å². The monoisotopic (exact) mass is 189 g/mol. The number of nitrogens with zero attached hydrogens (tertiary/aromatic N) is 1. The van der Waals surface area contributed by atoms with Crippen LogP contribution in [0.4, 0.5) is 0 Å². The van der Waals surface area contributed by atoms with Crippen LogP contribution in [0.2, 0.25) is 0 Å². The van der Waals surface area contributed by atoms with Crippen molar-refractivity contribution in [2.24, 2.45) is 7.05 Å². The first kappa shape index (κ1) is 8.81. The number of aryl methyl sites for hydroxylation is 1. The number of aromatic nitrogens is 1. The van der Waals surface area contributed by atoms with Gasteiger partial charge in [0.1, 0.15) is 12.0 Å². The second-order valence-corrected chi connectivity index (χ2v) is 3.34. The second kappa shape index (κ2) is 3.18. The first-order valence-electron chi connectivity index (χ1n) is 4.43. The molecule has 0 aliphatic heterocycles. The molecule has 1 aromatic carbocycles. The van der Waals surface area contributed by atoms with Crippen molar-refractivity contribution in [1.29, 1.82) is 0 Å². The van der Waals surface area contributed by atoms with E-state index in [1.54, 1.807) is 12.1 Å². The summed E-state index contributed by atoms with van der Waals surface area (Å²) in [6, 6.07) is 5.17. The minimum Gasteiger partial charge on any atom is -0.508 e. The molecule has 0 unspecified atom stereocenters. The van der Waals surface area contributed by atoms with Gasteiger partial charge >= 0.3 is 0 Å². The van der Waals surface area contributed by atoms with Crippen LogP contribution in [0.1, 0.15) is 5.56 Å². The van der Waals surface area contributed by atoms with E-state index >= 15 is 0 Å². The van der Waals surface area contributed by atoms with E-state index in [1.807, 2.05) is 23.9 Å². The molecule has 0 aliphatic carbocycles. The third-order valence-corrected chi connectivity index (χ3v) is 2.36. The standard InChI is InChI=1S/C11H11NO2/c1-12-7-8(4-5-13)10-3-2-9(14)6-11(10)12/h2-3,5-7,14H,4H2,1H3. The number of phenolic OH excluding ortho intramolecular Hbond substituents is 1. The zero-order valence-electron chi connectivity index (χ0n) is 7.90. The molecule has 0 fully saturated rings. The first-order chi connectivity index (χ1) is 6.72. The lowest BCUT2D eigenvalue weighted by atomic mass is 10.1. The maximum atomic E-state index is 10.4. The number of rotatable bonds is 2. The molecule has 0 bridgehead atoms. The fraction of sp³-hybridized carbons (Fsp3) is 0.182. The number of hydrogen-bond acceptors (Lipinski definition) is 2. The number of carbonyl (C=O) groups is 1. The summed E-state index contributed by atoms with van der Waals surface area (Å²) in [6.07, 6.45) is 3.22. The summed E-state index contributed by atoms with van der Waals surface area (Å²) in [5.41, 5.74) is 1.94. The Morgan fingerprint density at radius 2 is 2.29 bits per heavy atom. The molecular weight excluding hydrogens is 178 g/mol. The van der Waals surface area contributed by atoms with Crippen LogP contribution in [-0.2, 0) is 18.3 Å². The number of hydrogen-bond donors (Lipinski definition) is 1. The van der Waals surface area contributed by atoms with Crippen LogP contribution in [0, 0.1) is 0 Å². The van der Waals surface area contributed by atoms with Gasteiger partial charge in [-0.25, -0.2) is 0 Å². The van der Waals surface area contributed by atoms with Crippen LogP contribution in [-0.4, -0.2) is 16.0 Å². The van der Waals surface area contributed by atoms with Gasteiger partial charge in [0.2, 0.25) is 0 Å². The molecule has 0 aliphatic rings. The molecule has 3 nitrogen and oxygen atoms in total. The predicted molar refractivity (Wildman–Crippen MR) is 54.4 cm³/mol. The molecule has 14 heavy (non-hydrogen) atoms. The van der Waals surface area contributed by atoms with E-state index in [9.17, 15) is 9.90 Å². The van der Waals surface area contributed by atoms with Crippen molar-refractivity contribution in [2.75, 3.05) is 0 Å². The predicted octanol–water partition coefficient (Wildman–Crippen LogP) is 1.63. The lowest BCUT2D eigenvalue weighted by Gasteiger charge is -1.96. The Bertz CT molecular complexity index is 485. The summed E-state index contributed by atoms with van der Waals surface area (Å²) >= 11 is 0. The van der Waals surface area contributed by atoms with Gasteiger partial charge in [0.25, 0.3) is 0 Å². The average molecular weight is 189 g/mol. The summed E-state index contributed by atoms with van der Waals surface area (Å²) in [7, 11) is 1.90. The van der Waals surface area contributed by atoms with Gasteiger partial charge in [0, 0.05) is 31.1 Å². The van der Waals surface area contributed by atoms with Crippen molar-refractivity contribution < 1.29 is 9.90 Å². The quantitative estimate of drug-likeness (QED) is 0.729. The zero-order valence-corrected chi connectivity index (χ0v) is 7.90. The Morgan fingerprint density at radius 3 is 3.00 bits per heavy atom. The van der Waals surface area contributed by atoms with Crippen LogP contribution in [0.15, 0.2) is 24.4 Å². The van der Waals surface area contributed by atoms with E-state index in [-0.39, 0.29) is 5.75 Å². The molecule has 72 valence electrons. The van der Waals surface area contributed by atoms with E-state index in [1.165, 1.54) is 0 Å². The molecule has 1 N–H and O–H groups in total. The minimum atomic E-state index is 0.247. The number of aldehydes is 1. The topological polar surface area (TPSA) is 42.2 Å². The molecule has 0 amide bonds. The van der Waals surface area contributed by atoms with Crippen molar-refractivity contribution in [3.05, 3.63) is 30.0 Å². The van der Waals surface area contributed by atoms with Gasteiger partial charge in [-0.15, -0.1) is 0 Å². The molecule has 0 radical (unpaired) electrons. The third-order valence-electron chi connectivity index (χ3n) is 2.36. The summed E-state index contributed by atoms with van der Waals surface area (Å²) < 4.78 is 1.91. The molecule has 1 heterocycles. The van der Waals surface area contributed by atoms with Gasteiger partial charge in [-0.1, -0.05) is 0 Å². The number of benzene rings is 1. The summed E-state index contributed by atoms with van der Waals surface area (Å²) in [6.45, 7) is 0. The molecule has 0 saturated heterocycles. The van der Waals surface area contributed by atoms with Gasteiger partial charge in [-0.2, -0.15) is 0 Å². The smallest absolute Gasteiger partial charge is 0.124 e. The Kier molecular flexibility index (Phi) is 2.00. The molecule has 0 atom stereocenters. The van der Waals surface area contributed by atoms with Gasteiger partial charge in [0.15, 0.2) is 0 Å². The van der Waals surface area contributed by atoms with Crippen molar-refractivity contribution >= 4 is 17.2 Å². The summed E-state index contributed by atoms with van der Waals surface area (Å²) in [5, 5.41) is 10.3. The molecule has 3 heteroatoms. The normalized spacial score (nSPS) is 10.6. The Morgan fingerprint density at radius 1 is 1.50 bits per heavy atom. The highest BCUT2D eigenvalue weighted by atomic mass is 16.3. The first-order valence-corrected chi connectivity index (χ1v) is 4.43. The van der Waals surface area contributed by atoms with Gasteiger partial charge in [-0.05, 0) is 17.7 Å². The molecule has 0 spiro atoms. The van der Waals surface area contributed by atoms with E-state index in [4.69, 9.17) is 0 Å². The summed E-state index contributed by atoms with van der Waals surface area (Å²) in [5.74, 6) is 0.247. The molecule has 2 rings (SSSR count). The van der Waals surface area contributed by atoms with Crippen LogP contribution in [0.3, 0.4) is 0 Å². The number of phenols is 1. The van der Waals surface area contributed by atoms with E-state index in [2.05, 4.69) is 0 Å². The Balaban J connectivity index is 2.70. The maximum absolute atomic E-state index is 10.4. The Labute approximate surface area is 81.6 Å². The van der Waals surface area contributed by atoms with Crippen molar-refractivity contribution in [3.63, 3.8) is 0 Å². The van der Waals surface area contributed by atoms with Crippen LogP contribution in [0.25, 0.3) is 10.9 Å². The van der Waals surface area contributed by atoms with E-state index in [0.717, 1.165) is 22.8 Å². The minimum absolute atomic E-state index is 0.247.